The highest BCUT2D eigenvalue weighted by Crippen LogP contribution is 2.33. The van der Waals surface area contributed by atoms with Crippen molar-refractivity contribution in [3.05, 3.63) is 0 Å². The van der Waals surface area contributed by atoms with E-state index in [1.54, 1.807) is 0 Å². The summed E-state index contributed by atoms with van der Waals surface area (Å²) in [7, 11) is 0. The van der Waals surface area contributed by atoms with Gasteiger partial charge in [-0.3, -0.25) is 4.79 Å². The maximum absolute atomic E-state index is 10.6. The van der Waals surface area contributed by atoms with Crippen molar-refractivity contribution in [3.63, 3.8) is 0 Å². The second-order valence-corrected chi connectivity index (χ2v) is 4.87. The van der Waals surface area contributed by atoms with Gasteiger partial charge in [-0.05, 0) is 18.8 Å². The fraction of sp³-hybridized carbons (Fsp3) is 0.909. The predicted octanol–water partition coefficient (Wildman–Crippen LogP) is 0.603. The predicted molar refractivity (Wildman–Crippen MR) is 52.9 cm³/mol. The largest absolute Gasteiger partial charge is 0.481 e. The van der Waals surface area contributed by atoms with Crippen molar-refractivity contribution in [1.29, 1.82) is 0 Å². The first-order valence-corrected chi connectivity index (χ1v) is 5.81. The van der Waals surface area contributed by atoms with E-state index in [2.05, 4.69) is 5.32 Å². The molecule has 0 aromatic carbocycles. The van der Waals surface area contributed by atoms with Crippen LogP contribution in [0.15, 0.2) is 0 Å². The lowest BCUT2D eigenvalue weighted by atomic mass is 9.73. The molecule has 1 aliphatic carbocycles. The third kappa shape index (κ3) is 2.27. The molecule has 2 rings (SSSR count). The maximum atomic E-state index is 10.6. The summed E-state index contributed by atoms with van der Waals surface area (Å²) in [5.74, 6) is 1.08. The third-order valence-corrected chi connectivity index (χ3v) is 3.88. The molecule has 0 aromatic rings. The molecule has 0 radical (unpaired) electrons. The summed E-state index contributed by atoms with van der Waals surface area (Å²) in [5, 5.41) is 11.0. The summed E-state index contributed by atoms with van der Waals surface area (Å²) in [6.45, 7) is 1.17. The zero-order chi connectivity index (χ0) is 9.97. The first-order valence-electron chi connectivity index (χ1n) is 5.81. The summed E-state index contributed by atoms with van der Waals surface area (Å²) in [6, 6.07) is 0.354. The monoisotopic (exact) mass is 198 g/mol. The minimum absolute atomic E-state index is 0.350. The van der Waals surface area contributed by atoms with Gasteiger partial charge in [-0.1, -0.05) is 12.8 Å². The molecule has 1 aliphatic heterocycles. The number of fused-ring (bicyclic) bond motifs is 1. The van der Waals surface area contributed by atoms with Gasteiger partial charge in [0.1, 0.15) is 0 Å². The zero-order valence-corrected chi connectivity index (χ0v) is 8.61. The van der Waals surface area contributed by atoms with Gasteiger partial charge in [0.2, 0.25) is 0 Å². The topological polar surface area (TPSA) is 53.9 Å². The smallest absolute Gasteiger partial charge is 0.309 e. The number of carboxylic acids is 1. The van der Waals surface area contributed by atoms with Crippen LogP contribution in [0.3, 0.4) is 0 Å². The Morgan fingerprint density at radius 2 is 2.00 bits per heavy atom. The van der Waals surface area contributed by atoms with Crippen LogP contribution >= 0.6 is 0 Å². The molecule has 14 heavy (non-hydrogen) atoms. The van der Waals surface area contributed by atoms with Crippen LogP contribution < -0.4 is 5.32 Å². The number of quaternary nitrogens is 1. The van der Waals surface area contributed by atoms with Gasteiger partial charge in [-0.25, -0.2) is 0 Å². The molecule has 0 bridgehead atoms. The van der Waals surface area contributed by atoms with Crippen LogP contribution in [0.25, 0.3) is 0 Å². The van der Waals surface area contributed by atoms with Crippen LogP contribution in [-0.2, 0) is 4.79 Å². The molecule has 1 heterocycles. The molecule has 3 heteroatoms. The average Bonchev–Trinajstić information content (AvgIpc) is 2.17. The highest BCUT2D eigenvalue weighted by atomic mass is 16.4. The Morgan fingerprint density at radius 1 is 1.29 bits per heavy atom. The Balaban J connectivity index is 1.86. The summed E-state index contributed by atoms with van der Waals surface area (Å²) in [4.78, 5) is 10.6. The number of hydrogen-bond acceptors (Lipinski definition) is 1. The highest BCUT2D eigenvalue weighted by molar-refractivity contribution is 5.67. The first kappa shape index (κ1) is 9.97. The van der Waals surface area contributed by atoms with E-state index in [1.165, 1.54) is 32.2 Å². The molecule has 0 unspecified atom stereocenters. The number of aliphatic carboxylic acids is 1. The quantitative estimate of drug-likeness (QED) is 0.683. The Labute approximate surface area is 84.9 Å². The summed E-state index contributed by atoms with van der Waals surface area (Å²) < 4.78 is 0. The van der Waals surface area contributed by atoms with Crippen LogP contribution in [0.5, 0.6) is 0 Å². The number of carboxylic acid groups (broad SMARTS) is 1. The van der Waals surface area contributed by atoms with Gasteiger partial charge in [0, 0.05) is 12.3 Å². The third-order valence-electron chi connectivity index (χ3n) is 3.88. The Hall–Kier alpha value is -0.570. The van der Waals surface area contributed by atoms with Crippen molar-refractivity contribution >= 4 is 5.97 Å². The van der Waals surface area contributed by atoms with Crippen molar-refractivity contribution in [2.24, 2.45) is 11.8 Å². The highest BCUT2D eigenvalue weighted by Gasteiger charge is 2.35. The van der Waals surface area contributed by atoms with E-state index in [4.69, 9.17) is 5.11 Å². The van der Waals surface area contributed by atoms with Gasteiger partial charge in [0.15, 0.2) is 0 Å². The van der Waals surface area contributed by atoms with E-state index in [0.717, 1.165) is 18.3 Å². The molecule has 0 aromatic heterocycles. The number of carbonyl (C=O) groups is 1. The molecule has 0 amide bonds. The minimum atomic E-state index is -0.638. The molecule has 1 saturated carbocycles. The van der Waals surface area contributed by atoms with Gasteiger partial charge in [-0.2, -0.15) is 0 Å². The maximum Gasteiger partial charge on any atom is 0.309 e. The molecule has 1 saturated heterocycles. The van der Waals surface area contributed by atoms with E-state index in [-0.39, 0.29) is 0 Å². The fourth-order valence-corrected chi connectivity index (χ4v) is 3.15. The van der Waals surface area contributed by atoms with Crippen LogP contribution in [0, 0.1) is 11.8 Å². The second kappa shape index (κ2) is 4.30. The van der Waals surface area contributed by atoms with Crippen molar-refractivity contribution in [2.75, 3.05) is 6.54 Å². The lowest BCUT2D eigenvalue weighted by Gasteiger charge is -2.37. The molecular formula is C11H20NO2+. The van der Waals surface area contributed by atoms with Crippen LogP contribution in [0.1, 0.15) is 38.5 Å². The molecule has 80 valence electrons. The van der Waals surface area contributed by atoms with Crippen molar-refractivity contribution in [2.45, 2.75) is 44.6 Å². The van der Waals surface area contributed by atoms with Crippen LogP contribution in [0.4, 0.5) is 0 Å². The minimum Gasteiger partial charge on any atom is -0.481 e. The van der Waals surface area contributed by atoms with Gasteiger partial charge >= 0.3 is 5.97 Å². The second-order valence-electron chi connectivity index (χ2n) is 4.87. The van der Waals surface area contributed by atoms with E-state index < -0.39 is 5.97 Å². The number of nitrogens with two attached hydrogens (primary N) is 1. The summed E-state index contributed by atoms with van der Waals surface area (Å²) >= 11 is 0. The van der Waals surface area contributed by atoms with E-state index >= 15 is 0 Å². The van der Waals surface area contributed by atoms with Crippen molar-refractivity contribution in [1.82, 2.24) is 0 Å². The first-order chi connectivity index (χ1) is 6.75. The summed E-state index contributed by atoms with van der Waals surface area (Å²) in [5.41, 5.74) is 0. The molecule has 3 atom stereocenters. The van der Waals surface area contributed by atoms with Gasteiger partial charge in [0.25, 0.3) is 0 Å². The average molecular weight is 198 g/mol. The molecule has 3 N–H and O–H groups in total. The van der Waals surface area contributed by atoms with E-state index in [9.17, 15) is 4.79 Å². The standard InChI is InChI=1S/C11H19NO2/c13-11(14)6-10-5-8-3-1-2-4-9(8)7-12-10/h8-10,12H,1-7H2,(H,13,14)/p+1/t8-,9-,10+/m1/s1. The van der Waals surface area contributed by atoms with E-state index in [0.29, 0.717) is 12.5 Å². The summed E-state index contributed by atoms with van der Waals surface area (Å²) in [6.07, 6.45) is 6.95. The van der Waals surface area contributed by atoms with Crippen LogP contribution in [0.2, 0.25) is 0 Å². The molecular weight excluding hydrogens is 178 g/mol. The molecule has 2 aliphatic rings. The lowest BCUT2D eigenvalue weighted by Crippen LogP contribution is -2.93. The molecule has 3 nitrogen and oxygen atoms in total. The number of rotatable bonds is 2. The van der Waals surface area contributed by atoms with Crippen molar-refractivity contribution in [3.8, 4) is 0 Å². The van der Waals surface area contributed by atoms with Crippen molar-refractivity contribution < 1.29 is 15.2 Å². The molecule has 2 fully saturated rings. The van der Waals surface area contributed by atoms with Crippen LogP contribution in [-0.4, -0.2) is 23.7 Å². The lowest BCUT2D eigenvalue weighted by molar-refractivity contribution is -0.706. The number of piperidine rings is 1. The van der Waals surface area contributed by atoms with Gasteiger partial charge < -0.3 is 10.4 Å². The Morgan fingerprint density at radius 3 is 2.71 bits per heavy atom. The molecule has 0 spiro atoms. The number of hydrogen-bond donors (Lipinski definition) is 2. The SMILES string of the molecule is O=C(O)C[C@@H]1C[C@H]2CCCC[C@@H]2C[NH2+]1. The Bertz CT molecular complexity index is 217. The van der Waals surface area contributed by atoms with E-state index in [1.807, 2.05) is 0 Å². The van der Waals surface area contributed by atoms with Gasteiger partial charge in [-0.15, -0.1) is 0 Å². The fourth-order valence-electron chi connectivity index (χ4n) is 3.15. The zero-order valence-electron chi connectivity index (χ0n) is 8.61. The van der Waals surface area contributed by atoms with Gasteiger partial charge in [0.05, 0.1) is 19.0 Å². The Kier molecular flexibility index (Phi) is 3.06. The normalized spacial score (nSPS) is 37.6.